The van der Waals surface area contributed by atoms with Gasteiger partial charge in [0.25, 0.3) is 0 Å². The number of nitrogens with one attached hydrogen (secondary N) is 1. The van der Waals surface area contributed by atoms with Crippen LogP contribution in [0.5, 0.6) is 11.6 Å². The van der Waals surface area contributed by atoms with E-state index < -0.39 is 0 Å². The van der Waals surface area contributed by atoms with Gasteiger partial charge in [0.15, 0.2) is 0 Å². The zero-order valence-electron chi connectivity index (χ0n) is 12.6. The maximum absolute atomic E-state index is 11.7. The predicted octanol–water partition coefficient (Wildman–Crippen LogP) is 4.17. The van der Waals surface area contributed by atoms with E-state index >= 15 is 0 Å². The molecule has 0 aliphatic heterocycles. The summed E-state index contributed by atoms with van der Waals surface area (Å²) >= 11 is 0. The molecule has 110 valence electrons. The molecule has 1 aromatic heterocycles. The number of ether oxygens (including phenoxy) is 1. The summed E-state index contributed by atoms with van der Waals surface area (Å²) < 4.78 is 5.63. The molecule has 1 aromatic carbocycles. The lowest BCUT2D eigenvalue weighted by Crippen LogP contribution is -2.13. The Bertz CT molecular complexity index is 589. The van der Waals surface area contributed by atoms with E-state index in [4.69, 9.17) is 4.74 Å². The number of benzene rings is 1. The Morgan fingerprint density at radius 1 is 1.19 bits per heavy atom. The summed E-state index contributed by atoms with van der Waals surface area (Å²) in [4.78, 5) is 15.9. The Labute approximate surface area is 125 Å². The molecule has 0 atom stereocenters. The molecule has 1 heterocycles. The van der Waals surface area contributed by atoms with Crippen LogP contribution in [0.25, 0.3) is 0 Å². The Kier molecular flexibility index (Phi) is 4.93. The van der Waals surface area contributed by atoms with Crippen molar-refractivity contribution in [2.24, 2.45) is 5.92 Å². The van der Waals surface area contributed by atoms with Crippen molar-refractivity contribution in [3.8, 4) is 11.6 Å². The molecule has 0 spiro atoms. The Morgan fingerprint density at radius 2 is 1.90 bits per heavy atom. The number of pyridine rings is 1. The largest absolute Gasteiger partial charge is 0.439 e. The summed E-state index contributed by atoms with van der Waals surface area (Å²) in [6.07, 6.45) is 2.10. The second-order valence-corrected chi connectivity index (χ2v) is 5.45. The molecule has 0 aliphatic rings. The Hall–Kier alpha value is -2.36. The minimum atomic E-state index is -0.000923. The first kappa shape index (κ1) is 15.0. The minimum absolute atomic E-state index is 0.000923. The number of rotatable bonds is 5. The molecule has 2 aromatic rings. The van der Waals surface area contributed by atoms with E-state index in [0.29, 0.717) is 23.9 Å². The van der Waals surface area contributed by atoms with Crippen LogP contribution in [0.1, 0.15) is 25.8 Å². The third-order valence-corrected chi connectivity index (χ3v) is 2.86. The molecular weight excluding hydrogens is 264 g/mol. The topological polar surface area (TPSA) is 51.2 Å². The zero-order valence-corrected chi connectivity index (χ0v) is 12.6. The van der Waals surface area contributed by atoms with Gasteiger partial charge in [0, 0.05) is 12.5 Å². The third-order valence-electron chi connectivity index (χ3n) is 2.86. The maximum atomic E-state index is 11.7. The lowest BCUT2D eigenvalue weighted by molar-refractivity contribution is -0.116. The van der Waals surface area contributed by atoms with Crippen molar-refractivity contribution in [3.05, 3.63) is 48.2 Å². The smallest absolute Gasteiger partial charge is 0.224 e. The minimum Gasteiger partial charge on any atom is -0.439 e. The fraction of sp³-hybridized carbons (Fsp3) is 0.294. The van der Waals surface area contributed by atoms with Gasteiger partial charge in [0.2, 0.25) is 11.8 Å². The molecule has 0 saturated heterocycles. The molecule has 2 rings (SSSR count). The number of amides is 1. The average Bonchev–Trinajstić information content (AvgIpc) is 2.42. The highest BCUT2D eigenvalue weighted by atomic mass is 16.5. The number of nitrogens with zero attached hydrogens (tertiary/aromatic N) is 1. The normalized spacial score (nSPS) is 10.5. The number of aryl methyl sites for hydroxylation is 1. The third kappa shape index (κ3) is 4.91. The number of anilines is 1. The van der Waals surface area contributed by atoms with Crippen molar-refractivity contribution >= 4 is 11.6 Å². The number of carbonyl (C=O) groups is 1. The van der Waals surface area contributed by atoms with Crippen molar-refractivity contribution < 1.29 is 9.53 Å². The molecule has 0 saturated carbocycles. The predicted molar refractivity (Wildman–Crippen MR) is 83.6 cm³/mol. The Balaban J connectivity index is 1.95. The number of hydrogen-bond donors (Lipinski definition) is 1. The fourth-order valence-corrected chi connectivity index (χ4v) is 1.82. The van der Waals surface area contributed by atoms with E-state index in [-0.39, 0.29) is 5.91 Å². The van der Waals surface area contributed by atoms with Crippen molar-refractivity contribution in [3.63, 3.8) is 0 Å². The second-order valence-electron chi connectivity index (χ2n) is 5.45. The van der Waals surface area contributed by atoms with E-state index in [1.165, 1.54) is 5.56 Å². The van der Waals surface area contributed by atoms with Crippen LogP contribution < -0.4 is 10.1 Å². The van der Waals surface area contributed by atoms with Crippen molar-refractivity contribution in [2.75, 3.05) is 5.32 Å². The van der Waals surface area contributed by atoms with Crippen LogP contribution >= 0.6 is 0 Å². The highest BCUT2D eigenvalue weighted by Crippen LogP contribution is 2.20. The maximum Gasteiger partial charge on any atom is 0.224 e. The molecule has 1 amide bonds. The van der Waals surface area contributed by atoms with Gasteiger partial charge in [0.05, 0.1) is 11.9 Å². The van der Waals surface area contributed by atoms with E-state index in [2.05, 4.69) is 10.3 Å². The van der Waals surface area contributed by atoms with Crippen molar-refractivity contribution in [2.45, 2.75) is 27.2 Å². The van der Waals surface area contributed by atoms with Crippen LogP contribution in [0.2, 0.25) is 0 Å². The fourth-order valence-electron chi connectivity index (χ4n) is 1.82. The molecule has 0 fully saturated rings. The summed E-state index contributed by atoms with van der Waals surface area (Å²) in [5.74, 6) is 1.58. The van der Waals surface area contributed by atoms with Crippen molar-refractivity contribution in [1.29, 1.82) is 0 Å². The second kappa shape index (κ2) is 6.88. The Morgan fingerprint density at radius 3 is 2.48 bits per heavy atom. The SMILES string of the molecule is Cc1ccc(Oc2ccc(NC(=O)CC(C)C)cn2)cc1. The molecule has 4 nitrogen and oxygen atoms in total. The molecule has 0 bridgehead atoms. The van der Waals surface area contributed by atoms with E-state index in [1.54, 1.807) is 18.3 Å². The van der Waals surface area contributed by atoms with Gasteiger partial charge in [-0.2, -0.15) is 0 Å². The van der Waals surface area contributed by atoms with Gasteiger partial charge in [-0.15, -0.1) is 0 Å². The average molecular weight is 284 g/mol. The summed E-state index contributed by atoms with van der Waals surface area (Å²) in [7, 11) is 0. The molecule has 4 heteroatoms. The van der Waals surface area contributed by atoms with Gasteiger partial charge < -0.3 is 10.1 Å². The van der Waals surface area contributed by atoms with Crippen LogP contribution in [0.4, 0.5) is 5.69 Å². The van der Waals surface area contributed by atoms with Gasteiger partial charge in [-0.25, -0.2) is 4.98 Å². The van der Waals surface area contributed by atoms with Crippen molar-refractivity contribution in [1.82, 2.24) is 4.98 Å². The molecule has 0 radical (unpaired) electrons. The van der Waals surface area contributed by atoms with E-state index in [0.717, 1.165) is 5.75 Å². The lowest BCUT2D eigenvalue weighted by Gasteiger charge is -2.08. The molecule has 21 heavy (non-hydrogen) atoms. The van der Waals surface area contributed by atoms with Gasteiger partial charge in [0.1, 0.15) is 5.75 Å². The summed E-state index contributed by atoms with van der Waals surface area (Å²) in [6.45, 7) is 6.04. The summed E-state index contributed by atoms with van der Waals surface area (Å²) in [5, 5.41) is 2.81. The van der Waals surface area contributed by atoms with E-state index in [1.807, 2.05) is 45.0 Å². The number of hydrogen-bond acceptors (Lipinski definition) is 3. The van der Waals surface area contributed by atoms with Gasteiger partial charge in [-0.3, -0.25) is 4.79 Å². The first-order valence-electron chi connectivity index (χ1n) is 7.03. The quantitative estimate of drug-likeness (QED) is 0.896. The van der Waals surface area contributed by atoms with Crippen LogP contribution in [-0.4, -0.2) is 10.9 Å². The molecule has 0 unspecified atom stereocenters. The van der Waals surface area contributed by atoms with Gasteiger partial charge in [-0.1, -0.05) is 31.5 Å². The monoisotopic (exact) mass is 284 g/mol. The first-order chi connectivity index (χ1) is 10.0. The first-order valence-corrected chi connectivity index (χ1v) is 7.03. The van der Waals surface area contributed by atoms with Crippen LogP contribution in [0.15, 0.2) is 42.6 Å². The number of aromatic nitrogens is 1. The number of carbonyl (C=O) groups excluding carboxylic acids is 1. The highest BCUT2D eigenvalue weighted by molar-refractivity contribution is 5.90. The summed E-state index contributed by atoms with van der Waals surface area (Å²) in [6, 6.07) is 11.3. The van der Waals surface area contributed by atoms with Gasteiger partial charge >= 0.3 is 0 Å². The molecule has 1 N–H and O–H groups in total. The van der Waals surface area contributed by atoms with Crippen LogP contribution in [0, 0.1) is 12.8 Å². The van der Waals surface area contributed by atoms with Crippen LogP contribution in [-0.2, 0) is 4.79 Å². The van der Waals surface area contributed by atoms with Crippen LogP contribution in [0.3, 0.4) is 0 Å². The highest BCUT2D eigenvalue weighted by Gasteiger charge is 2.06. The lowest BCUT2D eigenvalue weighted by atomic mass is 10.1. The zero-order chi connectivity index (χ0) is 15.2. The van der Waals surface area contributed by atoms with E-state index in [9.17, 15) is 4.79 Å². The van der Waals surface area contributed by atoms with Gasteiger partial charge in [-0.05, 0) is 31.0 Å². The molecule has 0 aliphatic carbocycles. The summed E-state index contributed by atoms with van der Waals surface area (Å²) in [5.41, 5.74) is 1.86. The molecular formula is C17H20N2O2. The standard InChI is InChI=1S/C17H20N2O2/c1-12(2)10-16(20)19-14-6-9-17(18-11-14)21-15-7-4-13(3)5-8-15/h4-9,11-12H,10H2,1-3H3,(H,19,20).